The molecule has 0 bridgehead atoms. The van der Waals surface area contributed by atoms with E-state index in [1.54, 1.807) is 6.92 Å². The second kappa shape index (κ2) is 8.00. The smallest absolute Gasteiger partial charge is 0.227 e. The molecule has 0 heterocycles. The summed E-state index contributed by atoms with van der Waals surface area (Å²) in [5.41, 5.74) is 8.11. The fourth-order valence-electron chi connectivity index (χ4n) is 3.85. The van der Waals surface area contributed by atoms with Gasteiger partial charge >= 0.3 is 0 Å². The van der Waals surface area contributed by atoms with Gasteiger partial charge in [-0.3, -0.25) is 9.59 Å². The Labute approximate surface area is 150 Å². The number of carbonyl (C=O) groups is 2. The first-order valence-electron chi connectivity index (χ1n) is 9.47. The Hall–Kier alpha value is -1.88. The molecule has 1 aromatic rings. The van der Waals surface area contributed by atoms with E-state index < -0.39 is 0 Å². The van der Waals surface area contributed by atoms with Crippen LogP contribution in [0.5, 0.6) is 0 Å². The largest absolute Gasteiger partial charge is 0.334 e. The molecule has 5 nitrogen and oxygen atoms in total. The van der Waals surface area contributed by atoms with Crippen LogP contribution >= 0.6 is 0 Å². The topological polar surface area (TPSA) is 75.4 Å². The van der Waals surface area contributed by atoms with Crippen molar-refractivity contribution in [1.29, 1.82) is 0 Å². The number of carbonyl (C=O) groups excluding carboxylic acids is 2. The molecule has 25 heavy (non-hydrogen) atoms. The van der Waals surface area contributed by atoms with Crippen molar-refractivity contribution in [2.45, 2.75) is 70.5 Å². The fraction of sp³-hybridized carbons (Fsp3) is 0.600. The number of rotatable bonds is 5. The average Bonchev–Trinajstić information content (AvgIpc) is 2.52. The van der Waals surface area contributed by atoms with E-state index in [-0.39, 0.29) is 29.8 Å². The third kappa shape index (κ3) is 4.40. The molecular formula is C20H29N3O2. The molecular weight excluding hydrogens is 314 g/mol. The Morgan fingerprint density at radius 2 is 1.92 bits per heavy atom. The first-order chi connectivity index (χ1) is 12.0. The lowest BCUT2D eigenvalue weighted by Crippen LogP contribution is -2.50. The summed E-state index contributed by atoms with van der Waals surface area (Å²) in [6, 6.07) is 7.98. The molecule has 5 heteroatoms. The lowest BCUT2D eigenvalue weighted by atomic mass is 9.85. The number of amides is 2. The van der Waals surface area contributed by atoms with Crippen LogP contribution < -0.4 is 11.1 Å². The Balaban J connectivity index is 1.68. The minimum Gasteiger partial charge on any atom is -0.334 e. The molecule has 0 spiro atoms. The van der Waals surface area contributed by atoms with Crippen molar-refractivity contribution in [3.05, 3.63) is 29.8 Å². The molecule has 2 aliphatic rings. The predicted molar refractivity (Wildman–Crippen MR) is 98.9 cm³/mol. The van der Waals surface area contributed by atoms with E-state index >= 15 is 0 Å². The van der Waals surface area contributed by atoms with Gasteiger partial charge in [-0.25, -0.2) is 0 Å². The van der Waals surface area contributed by atoms with Crippen LogP contribution in [0.1, 0.15) is 57.4 Å². The van der Waals surface area contributed by atoms with E-state index in [1.165, 1.54) is 0 Å². The van der Waals surface area contributed by atoms with Gasteiger partial charge in [-0.1, -0.05) is 31.4 Å². The van der Waals surface area contributed by atoms with Gasteiger partial charge in [0.1, 0.15) is 0 Å². The number of nitrogens with one attached hydrogen (secondary N) is 1. The van der Waals surface area contributed by atoms with Gasteiger partial charge in [0.25, 0.3) is 0 Å². The molecule has 0 aliphatic heterocycles. The highest BCUT2D eigenvalue weighted by Crippen LogP contribution is 2.28. The van der Waals surface area contributed by atoms with Gasteiger partial charge in [0.15, 0.2) is 0 Å². The highest BCUT2D eigenvalue weighted by molar-refractivity contribution is 5.93. The molecule has 1 aromatic carbocycles. The molecule has 2 fully saturated rings. The van der Waals surface area contributed by atoms with Crippen LogP contribution in [0.25, 0.3) is 0 Å². The maximum absolute atomic E-state index is 12.2. The van der Waals surface area contributed by atoms with Gasteiger partial charge in [0.2, 0.25) is 11.8 Å². The number of anilines is 1. The number of nitrogens with zero attached hydrogens (tertiary/aromatic N) is 1. The maximum Gasteiger partial charge on any atom is 0.227 e. The van der Waals surface area contributed by atoms with Crippen molar-refractivity contribution in [3.8, 4) is 0 Å². The van der Waals surface area contributed by atoms with Crippen LogP contribution in [0, 0.1) is 5.92 Å². The van der Waals surface area contributed by atoms with Crippen molar-refractivity contribution < 1.29 is 9.59 Å². The van der Waals surface area contributed by atoms with Crippen LogP contribution in [0.3, 0.4) is 0 Å². The van der Waals surface area contributed by atoms with Crippen molar-refractivity contribution in [1.82, 2.24) is 4.90 Å². The van der Waals surface area contributed by atoms with Crippen LogP contribution in [0.15, 0.2) is 24.3 Å². The van der Waals surface area contributed by atoms with E-state index in [2.05, 4.69) is 5.32 Å². The zero-order valence-electron chi connectivity index (χ0n) is 15.0. The minimum absolute atomic E-state index is 0.0548. The van der Waals surface area contributed by atoms with Crippen LogP contribution in [-0.2, 0) is 16.1 Å². The van der Waals surface area contributed by atoms with E-state index in [0.717, 1.165) is 56.2 Å². The molecule has 2 atom stereocenters. The SMILES string of the molecule is CC(=O)N(Cc1cccc(NC(=O)C2CCC2)c1)C1CCCCC1N. The predicted octanol–water partition coefficient (Wildman–Crippen LogP) is 3.04. The highest BCUT2D eigenvalue weighted by Gasteiger charge is 2.29. The first kappa shape index (κ1) is 17.9. The zero-order chi connectivity index (χ0) is 17.8. The van der Waals surface area contributed by atoms with Gasteiger partial charge < -0.3 is 16.0 Å². The quantitative estimate of drug-likeness (QED) is 0.863. The summed E-state index contributed by atoms with van der Waals surface area (Å²) >= 11 is 0. The Morgan fingerprint density at radius 1 is 1.16 bits per heavy atom. The van der Waals surface area contributed by atoms with E-state index in [9.17, 15) is 9.59 Å². The number of hydrogen-bond acceptors (Lipinski definition) is 3. The van der Waals surface area contributed by atoms with Crippen LogP contribution in [0.2, 0.25) is 0 Å². The minimum atomic E-state index is 0.0548. The van der Waals surface area contributed by atoms with Gasteiger partial charge in [-0.05, 0) is 43.4 Å². The third-order valence-electron chi connectivity index (χ3n) is 5.61. The van der Waals surface area contributed by atoms with Crippen molar-refractivity contribution >= 4 is 17.5 Å². The normalized spacial score (nSPS) is 23.6. The average molecular weight is 343 g/mol. The second-order valence-corrected chi connectivity index (χ2v) is 7.48. The van der Waals surface area contributed by atoms with Crippen LogP contribution in [0.4, 0.5) is 5.69 Å². The van der Waals surface area contributed by atoms with Gasteiger partial charge in [0.05, 0.1) is 0 Å². The Bertz CT molecular complexity index is 627. The molecule has 2 amide bonds. The number of hydrogen-bond donors (Lipinski definition) is 2. The molecule has 3 N–H and O–H groups in total. The lowest BCUT2D eigenvalue weighted by molar-refractivity contribution is -0.133. The Morgan fingerprint density at radius 3 is 2.56 bits per heavy atom. The van der Waals surface area contributed by atoms with Gasteiger partial charge in [0, 0.05) is 37.2 Å². The summed E-state index contributed by atoms with van der Waals surface area (Å²) in [6.07, 6.45) is 7.34. The molecule has 136 valence electrons. The molecule has 0 radical (unpaired) electrons. The summed E-state index contributed by atoms with van der Waals surface area (Å²) in [4.78, 5) is 26.2. The highest BCUT2D eigenvalue weighted by atomic mass is 16.2. The molecule has 0 aromatic heterocycles. The van der Waals surface area contributed by atoms with Crippen LogP contribution in [-0.4, -0.2) is 28.8 Å². The first-order valence-corrected chi connectivity index (χ1v) is 9.47. The molecule has 2 unspecified atom stereocenters. The van der Waals surface area contributed by atoms with E-state index in [4.69, 9.17) is 5.73 Å². The van der Waals surface area contributed by atoms with Crippen molar-refractivity contribution in [2.24, 2.45) is 11.7 Å². The molecule has 2 saturated carbocycles. The number of benzene rings is 1. The molecule has 0 saturated heterocycles. The van der Waals surface area contributed by atoms with Gasteiger partial charge in [-0.15, -0.1) is 0 Å². The zero-order valence-corrected chi connectivity index (χ0v) is 15.0. The summed E-state index contributed by atoms with van der Waals surface area (Å²) in [5, 5.41) is 3.01. The standard InChI is InChI=1S/C20H29N3O2/c1-14(24)23(19-11-3-2-10-18(19)21)13-15-6-4-9-17(12-15)22-20(25)16-7-5-8-16/h4,6,9,12,16,18-19H,2-3,5,7-8,10-11,13,21H2,1H3,(H,22,25). The monoisotopic (exact) mass is 343 g/mol. The number of nitrogens with two attached hydrogens (primary N) is 1. The summed E-state index contributed by atoms with van der Waals surface area (Å²) in [6.45, 7) is 2.16. The third-order valence-corrected chi connectivity index (χ3v) is 5.61. The van der Waals surface area contributed by atoms with E-state index in [1.807, 2.05) is 29.2 Å². The van der Waals surface area contributed by atoms with Crippen molar-refractivity contribution in [3.63, 3.8) is 0 Å². The summed E-state index contributed by atoms with van der Waals surface area (Å²) in [7, 11) is 0. The van der Waals surface area contributed by atoms with E-state index in [0.29, 0.717) is 6.54 Å². The summed E-state index contributed by atoms with van der Waals surface area (Å²) < 4.78 is 0. The molecule has 2 aliphatic carbocycles. The van der Waals surface area contributed by atoms with Crippen molar-refractivity contribution in [2.75, 3.05) is 5.32 Å². The second-order valence-electron chi connectivity index (χ2n) is 7.48. The maximum atomic E-state index is 12.2. The Kier molecular flexibility index (Phi) is 5.74. The van der Waals surface area contributed by atoms with Gasteiger partial charge in [-0.2, -0.15) is 0 Å². The summed E-state index contributed by atoms with van der Waals surface area (Å²) in [5.74, 6) is 0.338. The molecule has 3 rings (SSSR count). The fourth-order valence-corrected chi connectivity index (χ4v) is 3.85. The lowest BCUT2D eigenvalue weighted by Gasteiger charge is -2.38.